The summed E-state index contributed by atoms with van der Waals surface area (Å²) in [4.78, 5) is 36.5. The number of aryl methyl sites for hydroxylation is 1. The third kappa shape index (κ3) is 3.99. The zero-order valence-electron chi connectivity index (χ0n) is 17.5. The number of fused-ring (bicyclic) bond motifs is 1. The SMILES string of the molecule is Cc1ccc(Br)nc1NC(=O)[C@@H]1C[C@@H](C)[C@@H](C)N1C(=O)Cc1ccc2c(N)ncnn12. The van der Waals surface area contributed by atoms with Crippen LogP contribution in [0.1, 0.15) is 31.5 Å². The summed E-state index contributed by atoms with van der Waals surface area (Å²) < 4.78 is 2.25. The van der Waals surface area contributed by atoms with Crippen molar-refractivity contribution in [2.24, 2.45) is 5.92 Å². The highest BCUT2D eigenvalue weighted by Gasteiger charge is 2.43. The first kappa shape index (κ1) is 21.2. The average molecular weight is 486 g/mol. The monoisotopic (exact) mass is 485 g/mol. The van der Waals surface area contributed by atoms with E-state index in [1.807, 2.05) is 32.0 Å². The molecule has 0 aliphatic carbocycles. The molecule has 10 heteroatoms. The molecule has 3 aromatic rings. The molecule has 1 aliphatic heterocycles. The van der Waals surface area contributed by atoms with Crippen LogP contribution >= 0.6 is 15.9 Å². The van der Waals surface area contributed by atoms with Gasteiger partial charge in [-0.3, -0.25) is 9.59 Å². The fraction of sp³-hybridized carbons (Fsp3) is 0.381. The lowest BCUT2D eigenvalue weighted by molar-refractivity contribution is -0.138. The molecule has 3 N–H and O–H groups in total. The molecule has 1 fully saturated rings. The van der Waals surface area contributed by atoms with Gasteiger partial charge in [-0.1, -0.05) is 13.0 Å². The molecule has 0 bridgehead atoms. The van der Waals surface area contributed by atoms with Crippen molar-refractivity contribution in [3.8, 4) is 0 Å². The average Bonchev–Trinajstić information content (AvgIpc) is 3.27. The highest BCUT2D eigenvalue weighted by atomic mass is 79.9. The first-order valence-electron chi connectivity index (χ1n) is 10.1. The number of nitrogens with two attached hydrogens (primary N) is 1. The topological polar surface area (TPSA) is 119 Å². The number of carbonyl (C=O) groups is 2. The lowest BCUT2D eigenvalue weighted by atomic mass is 10.0. The number of anilines is 2. The van der Waals surface area contributed by atoms with Crippen LogP contribution in [0.4, 0.5) is 11.6 Å². The molecule has 0 saturated carbocycles. The minimum Gasteiger partial charge on any atom is -0.382 e. The van der Waals surface area contributed by atoms with Gasteiger partial charge < -0.3 is 16.0 Å². The van der Waals surface area contributed by atoms with Crippen LogP contribution in [0.25, 0.3) is 5.52 Å². The predicted octanol–water partition coefficient (Wildman–Crippen LogP) is 2.58. The van der Waals surface area contributed by atoms with Crippen LogP contribution in [-0.2, 0) is 16.0 Å². The minimum atomic E-state index is -0.566. The number of nitrogens with zero attached hydrogens (tertiary/aromatic N) is 5. The first-order chi connectivity index (χ1) is 14.8. The molecule has 2 amide bonds. The fourth-order valence-corrected chi connectivity index (χ4v) is 4.38. The van der Waals surface area contributed by atoms with E-state index in [-0.39, 0.29) is 30.2 Å². The van der Waals surface area contributed by atoms with Crippen LogP contribution in [0, 0.1) is 12.8 Å². The van der Waals surface area contributed by atoms with E-state index < -0.39 is 6.04 Å². The number of rotatable bonds is 4. The Balaban J connectivity index is 1.57. The Bertz CT molecular complexity index is 1160. The Morgan fingerprint density at radius 2 is 2.03 bits per heavy atom. The van der Waals surface area contributed by atoms with Gasteiger partial charge in [-0.15, -0.1) is 0 Å². The van der Waals surface area contributed by atoms with Gasteiger partial charge in [0.1, 0.15) is 28.3 Å². The molecule has 1 saturated heterocycles. The van der Waals surface area contributed by atoms with Crippen LogP contribution in [0.15, 0.2) is 35.2 Å². The van der Waals surface area contributed by atoms with Crippen molar-refractivity contribution < 1.29 is 9.59 Å². The third-order valence-electron chi connectivity index (χ3n) is 5.98. The molecular formula is C21H24BrN7O2. The lowest BCUT2D eigenvalue weighted by Gasteiger charge is -2.28. The summed E-state index contributed by atoms with van der Waals surface area (Å²) >= 11 is 3.33. The van der Waals surface area contributed by atoms with E-state index in [9.17, 15) is 9.59 Å². The molecule has 3 atom stereocenters. The number of hydrogen-bond donors (Lipinski definition) is 2. The van der Waals surface area contributed by atoms with Crippen molar-refractivity contribution >= 4 is 44.9 Å². The second-order valence-electron chi connectivity index (χ2n) is 8.00. The van der Waals surface area contributed by atoms with Crippen molar-refractivity contribution in [1.82, 2.24) is 24.5 Å². The molecule has 0 unspecified atom stereocenters. The molecule has 4 rings (SSSR count). The van der Waals surface area contributed by atoms with Gasteiger partial charge >= 0.3 is 0 Å². The highest BCUT2D eigenvalue weighted by molar-refractivity contribution is 9.10. The number of carbonyl (C=O) groups excluding carboxylic acids is 2. The molecule has 1 aliphatic rings. The van der Waals surface area contributed by atoms with Gasteiger partial charge in [0.05, 0.1) is 12.1 Å². The minimum absolute atomic E-state index is 0.0641. The van der Waals surface area contributed by atoms with Gasteiger partial charge in [0, 0.05) is 6.04 Å². The Morgan fingerprint density at radius 3 is 2.81 bits per heavy atom. The van der Waals surface area contributed by atoms with Crippen LogP contribution in [0.5, 0.6) is 0 Å². The summed E-state index contributed by atoms with van der Waals surface area (Å²) in [6.45, 7) is 5.92. The normalized spacial score (nSPS) is 20.9. The smallest absolute Gasteiger partial charge is 0.248 e. The number of aromatic nitrogens is 4. The Kier molecular flexibility index (Phi) is 5.65. The van der Waals surface area contributed by atoms with Gasteiger partial charge in [0.15, 0.2) is 5.82 Å². The van der Waals surface area contributed by atoms with Crippen molar-refractivity contribution in [2.45, 2.75) is 45.7 Å². The number of amides is 2. The summed E-state index contributed by atoms with van der Waals surface area (Å²) in [5, 5.41) is 7.10. The molecule has 4 heterocycles. The maximum atomic E-state index is 13.3. The molecule has 31 heavy (non-hydrogen) atoms. The quantitative estimate of drug-likeness (QED) is 0.548. The van der Waals surface area contributed by atoms with E-state index in [0.717, 1.165) is 5.56 Å². The van der Waals surface area contributed by atoms with Crippen LogP contribution < -0.4 is 11.1 Å². The maximum Gasteiger partial charge on any atom is 0.248 e. The number of likely N-dealkylation sites (tertiary alicyclic amines) is 1. The molecule has 0 aromatic carbocycles. The lowest BCUT2D eigenvalue weighted by Crippen LogP contribution is -2.47. The molecule has 162 valence electrons. The van der Waals surface area contributed by atoms with Gasteiger partial charge in [0.25, 0.3) is 0 Å². The predicted molar refractivity (Wildman–Crippen MR) is 120 cm³/mol. The van der Waals surface area contributed by atoms with Crippen molar-refractivity contribution in [2.75, 3.05) is 11.1 Å². The fourth-order valence-electron chi connectivity index (χ4n) is 4.07. The summed E-state index contributed by atoms with van der Waals surface area (Å²) in [5.41, 5.74) is 8.09. The number of halogens is 1. The highest BCUT2D eigenvalue weighted by Crippen LogP contribution is 2.31. The zero-order chi connectivity index (χ0) is 22.3. The standard InChI is InChI=1S/C21H24BrN7O2/c1-11-4-7-17(22)26-20(11)27-21(31)16-8-12(2)13(3)28(16)18(30)9-14-5-6-15-19(23)24-10-25-29(14)15/h4-7,10,12-13,16H,8-9H2,1-3H3,(H2,23,24,25)(H,26,27,31)/t12-,13-,16+/m1/s1. The van der Waals surface area contributed by atoms with E-state index in [1.54, 1.807) is 15.5 Å². The number of pyridine rings is 1. The number of nitrogen functional groups attached to an aromatic ring is 1. The Labute approximate surface area is 188 Å². The van der Waals surface area contributed by atoms with Crippen LogP contribution in [-0.4, -0.2) is 48.4 Å². The second kappa shape index (κ2) is 8.26. The van der Waals surface area contributed by atoms with Crippen molar-refractivity contribution in [3.05, 3.63) is 46.5 Å². The summed E-state index contributed by atoms with van der Waals surface area (Å²) in [7, 11) is 0. The molecule has 0 radical (unpaired) electrons. The van der Waals surface area contributed by atoms with E-state index in [0.29, 0.717) is 33.9 Å². The molecular weight excluding hydrogens is 462 g/mol. The summed E-state index contributed by atoms with van der Waals surface area (Å²) in [6, 6.07) is 6.67. The molecule has 3 aromatic heterocycles. The largest absolute Gasteiger partial charge is 0.382 e. The first-order valence-corrected chi connectivity index (χ1v) is 10.9. The van der Waals surface area contributed by atoms with Crippen LogP contribution in [0.3, 0.4) is 0 Å². The van der Waals surface area contributed by atoms with Gasteiger partial charge in [-0.25, -0.2) is 14.5 Å². The van der Waals surface area contributed by atoms with E-state index in [4.69, 9.17) is 5.73 Å². The maximum absolute atomic E-state index is 13.3. The van der Waals surface area contributed by atoms with Gasteiger partial charge in [-0.2, -0.15) is 5.10 Å². The zero-order valence-corrected chi connectivity index (χ0v) is 19.1. The van der Waals surface area contributed by atoms with E-state index in [2.05, 4.69) is 43.2 Å². The Morgan fingerprint density at radius 1 is 1.26 bits per heavy atom. The third-order valence-corrected chi connectivity index (χ3v) is 6.42. The molecule has 9 nitrogen and oxygen atoms in total. The summed E-state index contributed by atoms with van der Waals surface area (Å²) in [5.74, 6) is 0.672. The van der Waals surface area contributed by atoms with E-state index >= 15 is 0 Å². The van der Waals surface area contributed by atoms with Gasteiger partial charge in [0.2, 0.25) is 11.8 Å². The van der Waals surface area contributed by atoms with Crippen molar-refractivity contribution in [3.63, 3.8) is 0 Å². The van der Waals surface area contributed by atoms with Gasteiger partial charge in [-0.05, 0) is 65.9 Å². The van der Waals surface area contributed by atoms with Crippen LogP contribution in [0.2, 0.25) is 0 Å². The van der Waals surface area contributed by atoms with Crippen molar-refractivity contribution in [1.29, 1.82) is 0 Å². The number of nitrogens with one attached hydrogen (secondary N) is 1. The second-order valence-corrected chi connectivity index (χ2v) is 8.82. The van der Waals surface area contributed by atoms with E-state index in [1.165, 1.54) is 6.33 Å². The Hall–Kier alpha value is -3.01. The number of hydrogen-bond acceptors (Lipinski definition) is 6. The summed E-state index contributed by atoms with van der Waals surface area (Å²) in [6.07, 6.45) is 2.07. The molecule has 0 spiro atoms.